The third-order valence-electron chi connectivity index (χ3n) is 4.58. The van der Waals surface area contributed by atoms with Gasteiger partial charge in [-0.05, 0) is 55.9 Å². The van der Waals surface area contributed by atoms with Crippen LogP contribution in [0, 0.1) is 0 Å². The van der Waals surface area contributed by atoms with E-state index in [2.05, 4.69) is 22.2 Å². The fourth-order valence-corrected chi connectivity index (χ4v) is 3.41. The number of carbonyl (C=O) groups is 1. The van der Waals surface area contributed by atoms with Crippen molar-refractivity contribution in [2.24, 2.45) is 0 Å². The van der Waals surface area contributed by atoms with Crippen LogP contribution in [-0.2, 0) is 24.2 Å². The largest absolute Gasteiger partial charge is 0.481 e. The maximum Gasteiger partial charge on any atom is 0.270 e. The second-order valence-corrected chi connectivity index (χ2v) is 6.17. The lowest BCUT2D eigenvalue weighted by atomic mass is 10.1. The Kier molecular flexibility index (Phi) is 3.52. The average molecular weight is 312 g/mol. The number of nitrogens with zero attached hydrogens (tertiary/aromatic N) is 4. The van der Waals surface area contributed by atoms with E-state index in [-0.39, 0.29) is 5.91 Å². The van der Waals surface area contributed by atoms with Gasteiger partial charge in [0.1, 0.15) is 12.1 Å². The number of aryl methyl sites for hydroxylation is 3. The smallest absolute Gasteiger partial charge is 0.270 e. The van der Waals surface area contributed by atoms with Crippen molar-refractivity contribution in [2.75, 3.05) is 11.4 Å². The minimum absolute atomic E-state index is 0.0700. The minimum atomic E-state index is -0.544. The SMILES string of the molecule is CC(Oc1ccc2c(c1)CCC2)C(=O)N1CCCn2ncnc21. The van der Waals surface area contributed by atoms with E-state index in [4.69, 9.17) is 4.74 Å². The molecule has 1 unspecified atom stereocenters. The Balaban J connectivity index is 1.49. The van der Waals surface area contributed by atoms with E-state index in [9.17, 15) is 4.79 Å². The summed E-state index contributed by atoms with van der Waals surface area (Å²) in [6.07, 6.45) is 5.28. The number of ether oxygens (including phenoxy) is 1. The number of hydrogen-bond acceptors (Lipinski definition) is 4. The molecule has 4 rings (SSSR count). The monoisotopic (exact) mass is 312 g/mol. The Hall–Kier alpha value is -2.37. The molecule has 23 heavy (non-hydrogen) atoms. The van der Waals surface area contributed by atoms with Crippen LogP contribution in [0.3, 0.4) is 0 Å². The summed E-state index contributed by atoms with van der Waals surface area (Å²) in [6, 6.07) is 6.16. The molecule has 1 aliphatic carbocycles. The average Bonchev–Trinajstić information content (AvgIpc) is 3.21. The summed E-state index contributed by atoms with van der Waals surface area (Å²) >= 11 is 0. The number of amides is 1. The van der Waals surface area contributed by atoms with Crippen molar-refractivity contribution in [2.45, 2.75) is 45.3 Å². The van der Waals surface area contributed by atoms with Crippen molar-refractivity contribution >= 4 is 11.9 Å². The van der Waals surface area contributed by atoms with Crippen LogP contribution in [0.25, 0.3) is 0 Å². The molecule has 0 spiro atoms. The van der Waals surface area contributed by atoms with Gasteiger partial charge in [-0.3, -0.25) is 9.69 Å². The zero-order valence-electron chi connectivity index (χ0n) is 13.2. The van der Waals surface area contributed by atoms with Gasteiger partial charge >= 0.3 is 0 Å². The van der Waals surface area contributed by atoms with Crippen LogP contribution in [-0.4, -0.2) is 33.3 Å². The van der Waals surface area contributed by atoms with Crippen LogP contribution in [0.1, 0.15) is 30.9 Å². The van der Waals surface area contributed by atoms with E-state index in [1.54, 1.807) is 16.5 Å². The third-order valence-corrected chi connectivity index (χ3v) is 4.58. The first-order valence-electron chi connectivity index (χ1n) is 8.20. The van der Waals surface area contributed by atoms with Gasteiger partial charge < -0.3 is 4.74 Å². The Morgan fingerprint density at radius 3 is 3.00 bits per heavy atom. The molecule has 2 heterocycles. The fourth-order valence-electron chi connectivity index (χ4n) is 3.41. The van der Waals surface area contributed by atoms with Crippen molar-refractivity contribution in [1.82, 2.24) is 14.8 Å². The molecular weight excluding hydrogens is 292 g/mol. The molecule has 6 heteroatoms. The second kappa shape index (κ2) is 5.68. The highest BCUT2D eigenvalue weighted by molar-refractivity contribution is 5.95. The molecular formula is C17H20N4O2. The molecule has 1 aromatic heterocycles. The standard InChI is InChI=1S/C17H20N4O2/c1-12(23-15-7-6-13-4-2-5-14(13)10-15)16(22)20-8-3-9-21-17(20)18-11-19-21/h6-7,10-12H,2-5,8-9H2,1H3. The van der Waals surface area contributed by atoms with E-state index >= 15 is 0 Å². The van der Waals surface area contributed by atoms with Gasteiger partial charge in [0.15, 0.2) is 6.10 Å². The second-order valence-electron chi connectivity index (χ2n) is 6.17. The summed E-state index contributed by atoms with van der Waals surface area (Å²) < 4.78 is 7.66. The Morgan fingerprint density at radius 2 is 2.09 bits per heavy atom. The maximum atomic E-state index is 12.7. The summed E-state index contributed by atoms with van der Waals surface area (Å²) in [4.78, 5) is 18.6. The number of hydrogen-bond donors (Lipinski definition) is 0. The van der Waals surface area contributed by atoms with Gasteiger partial charge in [-0.25, -0.2) is 4.68 Å². The molecule has 0 fully saturated rings. The molecule has 2 aliphatic rings. The number of carbonyl (C=O) groups excluding carboxylic acids is 1. The first kappa shape index (κ1) is 14.2. The van der Waals surface area contributed by atoms with Gasteiger partial charge in [0.2, 0.25) is 5.95 Å². The van der Waals surface area contributed by atoms with Crippen molar-refractivity contribution < 1.29 is 9.53 Å². The van der Waals surface area contributed by atoms with Crippen LogP contribution in [0.2, 0.25) is 0 Å². The molecule has 1 atom stereocenters. The summed E-state index contributed by atoms with van der Waals surface area (Å²) in [5.41, 5.74) is 2.75. The Bertz CT molecular complexity index is 740. The Labute approximate surface area is 135 Å². The van der Waals surface area contributed by atoms with E-state index in [1.165, 1.54) is 23.9 Å². The van der Waals surface area contributed by atoms with E-state index in [0.717, 1.165) is 31.6 Å². The van der Waals surface area contributed by atoms with Gasteiger partial charge in [-0.2, -0.15) is 10.1 Å². The molecule has 0 radical (unpaired) electrons. The highest BCUT2D eigenvalue weighted by Gasteiger charge is 2.29. The molecule has 120 valence electrons. The van der Waals surface area contributed by atoms with Crippen LogP contribution in [0.15, 0.2) is 24.5 Å². The van der Waals surface area contributed by atoms with Crippen molar-refractivity contribution in [3.05, 3.63) is 35.7 Å². The van der Waals surface area contributed by atoms with Crippen LogP contribution >= 0.6 is 0 Å². The summed E-state index contributed by atoms with van der Waals surface area (Å²) in [5.74, 6) is 1.31. The highest BCUT2D eigenvalue weighted by Crippen LogP contribution is 2.27. The molecule has 1 aliphatic heterocycles. The molecule has 0 bridgehead atoms. The van der Waals surface area contributed by atoms with Crippen LogP contribution in [0.5, 0.6) is 5.75 Å². The molecule has 0 saturated carbocycles. The molecule has 0 saturated heterocycles. The minimum Gasteiger partial charge on any atom is -0.481 e. The number of fused-ring (bicyclic) bond motifs is 2. The zero-order chi connectivity index (χ0) is 15.8. The first-order chi connectivity index (χ1) is 11.2. The van der Waals surface area contributed by atoms with Gasteiger partial charge in [0.25, 0.3) is 5.91 Å². The topological polar surface area (TPSA) is 60.2 Å². The molecule has 0 N–H and O–H groups in total. The predicted molar refractivity (Wildman–Crippen MR) is 85.5 cm³/mol. The van der Waals surface area contributed by atoms with E-state index < -0.39 is 6.10 Å². The van der Waals surface area contributed by atoms with E-state index in [1.807, 2.05) is 6.07 Å². The predicted octanol–water partition coefficient (Wildman–Crippen LogP) is 1.97. The lowest BCUT2D eigenvalue weighted by Crippen LogP contribution is -2.44. The van der Waals surface area contributed by atoms with E-state index in [0.29, 0.717) is 12.5 Å². The van der Waals surface area contributed by atoms with Crippen LogP contribution in [0.4, 0.5) is 5.95 Å². The number of rotatable bonds is 3. The fraction of sp³-hybridized carbons (Fsp3) is 0.471. The quantitative estimate of drug-likeness (QED) is 0.869. The van der Waals surface area contributed by atoms with Crippen molar-refractivity contribution in [3.8, 4) is 5.75 Å². The number of anilines is 1. The lowest BCUT2D eigenvalue weighted by molar-refractivity contribution is -0.124. The summed E-state index contributed by atoms with van der Waals surface area (Å²) in [5, 5.41) is 4.14. The molecule has 1 amide bonds. The first-order valence-corrected chi connectivity index (χ1v) is 8.20. The van der Waals surface area contributed by atoms with Crippen molar-refractivity contribution in [3.63, 3.8) is 0 Å². The summed E-state index contributed by atoms with van der Waals surface area (Å²) in [7, 11) is 0. The molecule has 1 aromatic carbocycles. The van der Waals surface area contributed by atoms with Crippen LogP contribution < -0.4 is 9.64 Å². The maximum absolute atomic E-state index is 12.7. The van der Waals surface area contributed by atoms with Gasteiger partial charge in [-0.1, -0.05) is 6.07 Å². The number of aromatic nitrogens is 3. The highest BCUT2D eigenvalue weighted by atomic mass is 16.5. The molecule has 6 nitrogen and oxygen atoms in total. The summed E-state index contributed by atoms with van der Waals surface area (Å²) in [6.45, 7) is 3.26. The van der Waals surface area contributed by atoms with Gasteiger partial charge in [0.05, 0.1) is 0 Å². The third kappa shape index (κ3) is 2.58. The lowest BCUT2D eigenvalue weighted by Gasteiger charge is -2.28. The normalized spacial score (nSPS) is 17.5. The Morgan fingerprint density at radius 1 is 1.22 bits per heavy atom. The van der Waals surface area contributed by atoms with Gasteiger partial charge in [-0.15, -0.1) is 0 Å². The number of benzene rings is 1. The zero-order valence-corrected chi connectivity index (χ0v) is 13.2. The van der Waals surface area contributed by atoms with Gasteiger partial charge in [0, 0.05) is 13.1 Å². The molecule has 2 aromatic rings. The van der Waals surface area contributed by atoms with Crippen molar-refractivity contribution in [1.29, 1.82) is 0 Å².